The lowest BCUT2D eigenvalue weighted by Crippen LogP contribution is -2.26. The fourth-order valence-corrected chi connectivity index (χ4v) is 6.40. The molecule has 1 aliphatic heterocycles. The van der Waals surface area contributed by atoms with Crippen LogP contribution < -0.4 is 0 Å². The molecule has 1 fully saturated rings. The maximum atomic E-state index is 11.2. The van der Waals surface area contributed by atoms with Crippen LogP contribution in [0.4, 0.5) is 0 Å². The first-order valence-corrected chi connectivity index (χ1v) is 10.9. The van der Waals surface area contributed by atoms with Gasteiger partial charge >= 0.3 is 0 Å². The predicted molar refractivity (Wildman–Crippen MR) is 110 cm³/mol. The van der Waals surface area contributed by atoms with Gasteiger partial charge in [-0.2, -0.15) is 0 Å². The molecule has 0 unspecified atom stereocenters. The highest BCUT2D eigenvalue weighted by Gasteiger charge is 2.42. The molecule has 0 aromatic heterocycles. The molecule has 1 aromatic rings. The molecule has 1 spiro atoms. The van der Waals surface area contributed by atoms with Gasteiger partial charge in [0.1, 0.15) is 5.75 Å². The molecule has 0 saturated heterocycles. The quantitative estimate of drug-likeness (QED) is 0.531. The summed E-state index contributed by atoms with van der Waals surface area (Å²) in [6.45, 7) is 13.4. The second kappa shape index (κ2) is 6.51. The second-order valence-electron chi connectivity index (χ2n) is 10.4. The van der Waals surface area contributed by atoms with Crippen molar-refractivity contribution in [2.45, 2.75) is 113 Å². The first-order valence-electron chi connectivity index (χ1n) is 10.1. The molecule has 1 heterocycles. The van der Waals surface area contributed by atoms with Gasteiger partial charge < -0.3 is 5.11 Å². The van der Waals surface area contributed by atoms with Crippen LogP contribution in [-0.4, -0.2) is 9.85 Å². The minimum atomic E-state index is -0.0314. The van der Waals surface area contributed by atoms with Crippen LogP contribution in [0, 0.1) is 0 Å². The fraction of sp³-hybridized carbons (Fsp3) is 0.739. The lowest BCUT2D eigenvalue weighted by atomic mass is 9.75. The largest absolute Gasteiger partial charge is 0.507 e. The third-order valence-electron chi connectivity index (χ3n) is 6.01. The van der Waals surface area contributed by atoms with Gasteiger partial charge in [0.15, 0.2) is 0 Å². The van der Waals surface area contributed by atoms with E-state index < -0.39 is 0 Å². The van der Waals surface area contributed by atoms with Crippen molar-refractivity contribution >= 4 is 11.8 Å². The van der Waals surface area contributed by atoms with Crippen molar-refractivity contribution in [3.63, 3.8) is 0 Å². The summed E-state index contributed by atoms with van der Waals surface area (Å²) in [5, 5.41) is 11.2. The van der Waals surface area contributed by atoms with Crippen LogP contribution in [0.3, 0.4) is 0 Å². The maximum Gasteiger partial charge on any atom is 0.123 e. The van der Waals surface area contributed by atoms with Gasteiger partial charge in [-0.3, -0.25) is 0 Å². The molecule has 1 saturated carbocycles. The Labute approximate surface area is 159 Å². The topological polar surface area (TPSA) is 20.2 Å². The van der Waals surface area contributed by atoms with E-state index in [4.69, 9.17) is 0 Å². The van der Waals surface area contributed by atoms with Crippen LogP contribution in [-0.2, 0) is 17.3 Å². The number of phenols is 1. The molecule has 2 heteroatoms. The summed E-state index contributed by atoms with van der Waals surface area (Å²) in [5.74, 6) is 0.558. The highest BCUT2D eigenvalue weighted by molar-refractivity contribution is 8.01. The molecule has 0 amide bonds. The molecule has 25 heavy (non-hydrogen) atoms. The van der Waals surface area contributed by atoms with E-state index in [1.807, 2.05) is 0 Å². The molecule has 0 atom stereocenters. The minimum Gasteiger partial charge on any atom is -0.507 e. The smallest absolute Gasteiger partial charge is 0.123 e. The van der Waals surface area contributed by atoms with E-state index in [1.54, 1.807) is 0 Å². The van der Waals surface area contributed by atoms with Crippen molar-refractivity contribution in [1.29, 1.82) is 0 Å². The predicted octanol–water partition coefficient (Wildman–Crippen LogP) is 7.12. The molecule has 1 nitrogen and oxygen atoms in total. The lowest BCUT2D eigenvalue weighted by molar-refractivity contribution is 0.405. The van der Waals surface area contributed by atoms with E-state index in [1.165, 1.54) is 61.0 Å². The molecule has 0 bridgehead atoms. The number of hydrogen-bond donors (Lipinski definition) is 1. The van der Waals surface area contributed by atoms with Gasteiger partial charge in [-0.15, -0.1) is 11.8 Å². The van der Waals surface area contributed by atoms with Gasteiger partial charge in [0, 0.05) is 20.8 Å². The fourth-order valence-electron chi connectivity index (χ4n) is 4.75. The standard InChI is InChI=1S/C23H36OS/c1-21(2,3)17-14-18-16(19(20(17)24)22(4,5)6)15-23(25-18)12-10-8-7-9-11-13-23/h14,24H,7-13,15H2,1-6H3. The SMILES string of the molecule is CC(C)(C)c1cc2c(c(C(C)(C)C)c1O)CC1(CCCCCCC1)S2. The lowest BCUT2D eigenvalue weighted by Gasteiger charge is -2.31. The minimum absolute atomic E-state index is 0.0247. The van der Waals surface area contributed by atoms with Gasteiger partial charge in [-0.25, -0.2) is 0 Å². The molecular formula is C23H36OS. The molecular weight excluding hydrogens is 324 g/mol. The Bertz CT molecular complexity index is 638. The molecule has 1 aliphatic carbocycles. The summed E-state index contributed by atoms with van der Waals surface area (Å²) in [6.07, 6.45) is 10.7. The first kappa shape index (κ1) is 19.1. The summed E-state index contributed by atoms with van der Waals surface area (Å²) in [7, 11) is 0. The van der Waals surface area contributed by atoms with Gasteiger partial charge in [0.05, 0.1) is 0 Å². The number of fused-ring (bicyclic) bond motifs is 1. The van der Waals surface area contributed by atoms with Crippen molar-refractivity contribution in [2.24, 2.45) is 0 Å². The van der Waals surface area contributed by atoms with Crippen LogP contribution in [0.2, 0.25) is 0 Å². The van der Waals surface area contributed by atoms with E-state index in [-0.39, 0.29) is 10.8 Å². The number of benzene rings is 1. The average Bonchev–Trinajstić information content (AvgIpc) is 2.78. The summed E-state index contributed by atoms with van der Waals surface area (Å²) in [6, 6.07) is 2.32. The van der Waals surface area contributed by atoms with Gasteiger partial charge in [-0.05, 0) is 41.7 Å². The third kappa shape index (κ3) is 3.75. The summed E-state index contributed by atoms with van der Waals surface area (Å²) in [5.41, 5.74) is 3.72. The molecule has 3 rings (SSSR count). The van der Waals surface area contributed by atoms with E-state index in [9.17, 15) is 5.11 Å². The summed E-state index contributed by atoms with van der Waals surface area (Å²) < 4.78 is 0.381. The van der Waals surface area contributed by atoms with Crippen molar-refractivity contribution in [1.82, 2.24) is 0 Å². The molecule has 0 radical (unpaired) electrons. The summed E-state index contributed by atoms with van der Waals surface area (Å²) >= 11 is 2.14. The zero-order chi connectivity index (χ0) is 18.5. The van der Waals surface area contributed by atoms with Gasteiger partial charge in [0.25, 0.3) is 0 Å². The Balaban J connectivity index is 2.10. The first-order chi connectivity index (χ1) is 11.5. The van der Waals surface area contributed by atoms with Crippen LogP contribution >= 0.6 is 11.8 Å². The number of thioether (sulfide) groups is 1. The molecule has 1 N–H and O–H groups in total. The average molecular weight is 361 g/mol. The van der Waals surface area contributed by atoms with E-state index in [0.717, 1.165) is 12.0 Å². The van der Waals surface area contributed by atoms with Crippen LogP contribution in [0.5, 0.6) is 5.75 Å². The van der Waals surface area contributed by atoms with Crippen LogP contribution in [0.25, 0.3) is 0 Å². The molecule has 2 aliphatic rings. The normalized spacial score (nSPS) is 21.0. The molecule has 1 aromatic carbocycles. The van der Waals surface area contributed by atoms with Crippen molar-refractivity contribution in [3.8, 4) is 5.75 Å². The van der Waals surface area contributed by atoms with Crippen LogP contribution in [0.1, 0.15) is 103 Å². The zero-order valence-electron chi connectivity index (χ0n) is 17.1. The highest BCUT2D eigenvalue weighted by atomic mass is 32.2. The van der Waals surface area contributed by atoms with Crippen molar-refractivity contribution < 1.29 is 5.11 Å². The Morgan fingerprint density at radius 3 is 1.96 bits per heavy atom. The molecule has 140 valence electrons. The summed E-state index contributed by atoms with van der Waals surface area (Å²) in [4.78, 5) is 1.45. The van der Waals surface area contributed by atoms with Crippen LogP contribution in [0.15, 0.2) is 11.0 Å². The highest BCUT2D eigenvalue weighted by Crippen LogP contribution is 2.56. The van der Waals surface area contributed by atoms with E-state index in [0.29, 0.717) is 10.5 Å². The van der Waals surface area contributed by atoms with Gasteiger partial charge in [-0.1, -0.05) is 73.6 Å². The van der Waals surface area contributed by atoms with Crippen molar-refractivity contribution in [3.05, 3.63) is 22.8 Å². The Morgan fingerprint density at radius 2 is 1.44 bits per heavy atom. The van der Waals surface area contributed by atoms with E-state index in [2.05, 4.69) is 59.4 Å². The zero-order valence-corrected chi connectivity index (χ0v) is 17.9. The second-order valence-corrected chi connectivity index (χ2v) is 11.9. The number of hydrogen-bond acceptors (Lipinski definition) is 2. The number of phenolic OH excluding ortho intramolecular Hbond substituents is 1. The Hall–Kier alpha value is -0.630. The number of rotatable bonds is 0. The van der Waals surface area contributed by atoms with E-state index >= 15 is 0 Å². The Kier molecular flexibility index (Phi) is 4.99. The maximum absolute atomic E-state index is 11.2. The number of aromatic hydroxyl groups is 1. The third-order valence-corrected chi connectivity index (χ3v) is 7.58. The van der Waals surface area contributed by atoms with Gasteiger partial charge in [0.2, 0.25) is 0 Å². The van der Waals surface area contributed by atoms with Crippen molar-refractivity contribution in [2.75, 3.05) is 0 Å². The monoisotopic (exact) mass is 360 g/mol. The Morgan fingerprint density at radius 1 is 0.880 bits per heavy atom.